The summed E-state index contributed by atoms with van der Waals surface area (Å²) in [7, 11) is 2.01. The van der Waals surface area contributed by atoms with Gasteiger partial charge < -0.3 is 10.2 Å². The molecule has 1 N–H and O–H groups in total. The van der Waals surface area contributed by atoms with Crippen molar-refractivity contribution < 1.29 is 4.79 Å². The standard InChI is InChI=1S/C16H30N2O/c1-12-6-5-7-14(17-12)15(19)18(4)13-8-10-16(2,3)11-9-13/h12-14,17H,5-11H2,1-4H3. The van der Waals surface area contributed by atoms with Crippen molar-refractivity contribution >= 4 is 5.91 Å². The monoisotopic (exact) mass is 266 g/mol. The number of likely N-dealkylation sites (N-methyl/N-ethyl adjacent to an activating group) is 1. The minimum Gasteiger partial charge on any atom is -0.341 e. The van der Waals surface area contributed by atoms with Crippen LogP contribution in [0.2, 0.25) is 0 Å². The lowest BCUT2D eigenvalue weighted by Gasteiger charge is -2.40. The van der Waals surface area contributed by atoms with Crippen LogP contribution in [0.3, 0.4) is 0 Å². The van der Waals surface area contributed by atoms with E-state index in [0.29, 0.717) is 23.4 Å². The van der Waals surface area contributed by atoms with Gasteiger partial charge >= 0.3 is 0 Å². The molecule has 1 aliphatic carbocycles. The third-order valence-corrected chi connectivity index (χ3v) is 5.12. The van der Waals surface area contributed by atoms with E-state index >= 15 is 0 Å². The molecule has 1 heterocycles. The van der Waals surface area contributed by atoms with Crippen LogP contribution in [0.25, 0.3) is 0 Å². The van der Waals surface area contributed by atoms with Crippen molar-refractivity contribution in [3.05, 3.63) is 0 Å². The van der Waals surface area contributed by atoms with Gasteiger partial charge in [0.1, 0.15) is 0 Å². The molecular weight excluding hydrogens is 236 g/mol. The van der Waals surface area contributed by atoms with Gasteiger partial charge in [-0.1, -0.05) is 13.8 Å². The lowest BCUT2D eigenvalue weighted by molar-refractivity contribution is -0.136. The molecule has 0 aromatic heterocycles. The Labute approximate surface area is 118 Å². The molecular formula is C16H30N2O. The van der Waals surface area contributed by atoms with Crippen LogP contribution in [0.1, 0.15) is 65.7 Å². The molecule has 1 amide bonds. The van der Waals surface area contributed by atoms with E-state index in [1.54, 1.807) is 0 Å². The minimum atomic E-state index is 0.0590. The van der Waals surface area contributed by atoms with Crippen molar-refractivity contribution in [1.82, 2.24) is 10.2 Å². The first-order chi connectivity index (χ1) is 8.89. The predicted octanol–water partition coefficient (Wildman–Crippen LogP) is 2.94. The third-order valence-electron chi connectivity index (χ3n) is 5.12. The van der Waals surface area contributed by atoms with Gasteiger partial charge in [0, 0.05) is 19.1 Å². The summed E-state index contributed by atoms with van der Waals surface area (Å²) in [6, 6.07) is 1.00. The Morgan fingerprint density at radius 2 is 1.79 bits per heavy atom. The molecule has 110 valence electrons. The Balaban J connectivity index is 1.88. The molecule has 2 rings (SSSR count). The Morgan fingerprint density at radius 1 is 1.16 bits per heavy atom. The average Bonchev–Trinajstić information content (AvgIpc) is 2.37. The summed E-state index contributed by atoms with van der Waals surface area (Å²) in [6.45, 7) is 6.87. The number of amides is 1. The van der Waals surface area contributed by atoms with Gasteiger partial charge in [-0.2, -0.15) is 0 Å². The van der Waals surface area contributed by atoms with Crippen LogP contribution >= 0.6 is 0 Å². The topological polar surface area (TPSA) is 32.3 Å². The number of piperidine rings is 1. The number of hydrogen-bond acceptors (Lipinski definition) is 2. The minimum absolute atomic E-state index is 0.0590. The van der Waals surface area contributed by atoms with E-state index < -0.39 is 0 Å². The van der Waals surface area contributed by atoms with Gasteiger partial charge in [0.2, 0.25) is 5.91 Å². The van der Waals surface area contributed by atoms with Gasteiger partial charge in [0.25, 0.3) is 0 Å². The summed E-state index contributed by atoms with van der Waals surface area (Å²) >= 11 is 0. The van der Waals surface area contributed by atoms with Crippen LogP contribution < -0.4 is 5.32 Å². The van der Waals surface area contributed by atoms with Gasteiger partial charge in [0.15, 0.2) is 0 Å². The van der Waals surface area contributed by atoms with Crippen molar-refractivity contribution in [2.75, 3.05) is 7.05 Å². The van der Waals surface area contributed by atoms with Gasteiger partial charge in [-0.3, -0.25) is 4.79 Å². The van der Waals surface area contributed by atoms with Crippen LogP contribution in [0.4, 0.5) is 0 Å². The van der Waals surface area contributed by atoms with Crippen LogP contribution in [0, 0.1) is 5.41 Å². The highest BCUT2D eigenvalue weighted by Crippen LogP contribution is 2.36. The zero-order chi connectivity index (χ0) is 14.0. The molecule has 2 unspecified atom stereocenters. The maximum atomic E-state index is 12.6. The summed E-state index contributed by atoms with van der Waals surface area (Å²) in [5, 5.41) is 3.46. The Bertz CT molecular complexity index is 317. The summed E-state index contributed by atoms with van der Waals surface area (Å²) in [6.07, 6.45) is 8.19. The summed E-state index contributed by atoms with van der Waals surface area (Å²) < 4.78 is 0. The highest BCUT2D eigenvalue weighted by atomic mass is 16.2. The molecule has 19 heavy (non-hydrogen) atoms. The van der Waals surface area contributed by atoms with Gasteiger partial charge in [-0.05, 0) is 57.3 Å². The van der Waals surface area contributed by atoms with Gasteiger partial charge in [0.05, 0.1) is 6.04 Å². The van der Waals surface area contributed by atoms with Crippen LogP contribution in [-0.4, -0.2) is 36.0 Å². The fourth-order valence-electron chi connectivity index (χ4n) is 3.53. The van der Waals surface area contributed by atoms with E-state index in [2.05, 4.69) is 26.1 Å². The Hall–Kier alpha value is -0.570. The van der Waals surface area contributed by atoms with Crippen molar-refractivity contribution in [3.8, 4) is 0 Å². The van der Waals surface area contributed by atoms with E-state index in [0.717, 1.165) is 19.3 Å². The molecule has 1 saturated carbocycles. The molecule has 0 aromatic carbocycles. The van der Waals surface area contributed by atoms with Crippen LogP contribution in [0.15, 0.2) is 0 Å². The first-order valence-corrected chi connectivity index (χ1v) is 7.92. The van der Waals surface area contributed by atoms with Crippen molar-refractivity contribution in [2.45, 2.75) is 83.8 Å². The molecule has 0 aromatic rings. The predicted molar refractivity (Wildman–Crippen MR) is 79.0 cm³/mol. The van der Waals surface area contributed by atoms with Gasteiger partial charge in [-0.15, -0.1) is 0 Å². The molecule has 0 bridgehead atoms. The lowest BCUT2D eigenvalue weighted by Crippen LogP contribution is -2.53. The molecule has 3 nitrogen and oxygen atoms in total. The number of nitrogens with one attached hydrogen (secondary N) is 1. The van der Waals surface area contributed by atoms with E-state index in [9.17, 15) is 4.79 Å². The second-order valence-corrected chi connectivity index (χ2v) is 7.40. The average molecular weight is 266 g/mol. The van der Waals surface area contributed by atoms with Gasteiger partial charge in [-0.25, -0.2) is 0 Å². The normalized spacial score (nSPS) is 32.0. The zero-order valence-electron chi connectivity index (χ0n) is 13.0. The van der Waals surface area contributed by atoms with Crippen molar-refractivity contribution in [1.29, 1.82) is 0 Å². The largest absolute Gasteiger partial charge is 0.341 e. The number of hydrogen-bond donors (Lipinski definition) is 1. The maximum absolute atomic E-state index is 12.6. The summed E-state index contributed by atoms with van der Waals surface area (Å²) in [5.74, 6) is 0.316. The van der Waals surface area contributed by atoms with E-state index in [1.807, 2.05) is 11.9 Å². The number of carbonyl (C=O) groups is 1. The molecule has 1 saturated heterocycles. The summed E-state index contributed by atoms with van der Waals surface area (Å²) in [5.41, 5.74) is 0.470. The quantitative estimate of drug-likeness (QED) is 0.833. The number of rotatable bonds is 2. The summed E-state index contributed by atoms with van der Waals surface area (Å²) in [4.78, 5) is 14.6. The van der Waals surface area contributed by atoms with Crippen molar-refractivity contribution in [2.24, 2.45) is 5.41 Å². The molecule has 1 aliphatic heterocycles. The highest BCUT2D eigenvalue weighted by Gasteiger charge is 2.33. The van der Waals surface area contributed by atoms with E-state index in [-0.39, 0.29) is 6.04 Å². The second kappa shape index (κ2) is 5.82. The molecule has 2 aliphatic rings. The zero-order valence-corrected chi connectivity index (χ0v) is 13.0. The second-order valence-electron chi connectivity index (χ2n) is 7.40. The maximum Gasteiger partial charge on any atom is 0.239 e. The molecule has 3 heteroatoms. The molecule has 2 atom stereocenters. The number of nitrogens with zero attached hydrogens (tertiary/aromatic N) is 1. The molecule has 0 radical (unpaired) electrons. The fourth-order valence-corrected chi connectivity index (χ4v) is 3.53. The third kappa shape index (κ3) is 3.71. The Morgan fingerprint density at radius 3 is 2.37 bits per heavy atom. The van der Waals surface area contributed by atoms with E-state index in [1.165, 1.54) is 25.7 Å². The smallest absolute Gasteiger partial charge is 0.239 e. The molecule has 2 fully saturated rings. The first kappa shape index (κ1) is 14.8. The Kier molecular flexibility index (Phi) is 4.54. The number of carbonyl (C=O) groups excluding carboxylic acids is 1. The highest BCUT2D eigenvalue weighted by molar-refractivity contribution is 5.82. The lowest BCUT2D eigenvalue weighted by atomic mass is 9.75. The van der Waals surface area contributed by atoms with Crippen LogP contribution in [-0.2, 0) is 4.79 Å². The van der Waals surface area contributed by atoms with Crippen molar-refractivity contribution in [3.63, 3.8) is 0 Å². The SMILES string of the molecule is CC1CCCC(C(=O)N(C)C2CCC(C)(C)CC2)N1. The molecule has 0 spiro atoms. The fraction of sp³-hybridized carbons (Fsp3) is 0.938. The first-order valence-electron chi connectivity index (χ1n) is 7.92. The van der Waals surface area contributed by atoms with Crippen LogP contribution in [0.5, 0.6) is 0 Å². The van der Waals surface area contributed by atoms with E-state index in [4.69, 9.17) is 0 Å².